The predicted molar refractivity (Wildman–Crippen MR) is 82.0 cm³/mol. The minimum atomic E-state index is -0.950. The van der Waals surface area contributed by atoms with E-state index < -0.39 is 29.6 Å². The SMILES string of the molecule is [CH2+]C(C)(C)OC(=O)N1[C@H](C=O)[C@@H](c2ccccc2)OC1(C)C. The number of carbonyl (C=O) groups is 2. The second kappa shape index (κ2) is 5.65. The molecule has 0 unspecified atom stereocenters. The van der Waals surface area contributed by atoms with Gasteiger partial charge < -0.3 is 14.3 Å². The van der Waals surface area contributed by atoms with Crippen molar-refractivity contribution in [3.05, 3.63) is 42.8 Å². The van der Waals surface area contributed by atoms with E-state index in [9.17, 15) is 9.59 Å². The van der Waals surface area contributed by atoms with Crippen LogP contribution in [0.1, 0.15) is 39.4 Å². The fourth-order valence-electron chi connectivity index (χ4n) is 2.60. The van der Waals surface area contributed by atoms with Crippen molar-refractivity contribution in [2.45, 2.75) is 51.2 Å². The van der Waals surface area contributed by atoms with E-state index >= 15 is 0 Å². The zero-order chi connectivity index (χ0) is 16.5. The maximum absolute atomic E-state index is 12.4. The van der Waals surface area contributed by atoms with Crippen LogP contribution in [0.3, 0.4) is 0 Å². The van der Waals surface area contributed by atoms with Gasteiger partial charge in [-0.2, -0.15) is 0 Å². The lowest BCUT2D eigenvalue weighted by molar-refractivity contribution is -0.113. The van der Waals surface area contributed by atoms with Crippen molar-refractivity contribution >= 4 is 12.4 Å². The first-order valence-corrected chi connectivity index (χ1v) is 7.21. The first kappa shape index (κ1) is 16.4. The van der Waals surface area contributed by atoms with Crippen LogP contribution in [0.15, 0.2) is 30.3 Å². The van der Waals surface area contributed by atoms with E-state index in [1.54, 1.807) is 27.7 Å². The molecule has 1 saturated heterocycles. The summed E-state index contributed by atoms with van der Waals surface area (Å²) in [5.41, 5.74) is -0.989. The third-order valence-corrected chi connectivity index (χ3v) is 3.43. The molecule has 2 atom stereocenters. The highest BCUT2D eigenvalue weighted by Crippen LogP contribution is 2.40. The molecule has 0 aliphatic carbocycles. The minimum absolute atomic E-state index is 0.519. The fourth-order valence-corrected chi connectivity index (χ4v) is 2.60. The van der Waals surface area contributed by atoms with Crippen molar-refractivity contribution in [1.29, 1.82) is 0 Å². The summed E-state index contributed by atoms with van der Waals surface area (Å²) >= 11 is 0. The van der Waals surface area contributed by atoms with Crippen LogP contribution < -0.4 is 0 Å². The number of rotatable bonds is 3. The predicted octanol–water partition coefficient (Wildman–Crippen LogP) is 3.11. The molecule has 5 nitrogen and oxygen atoms in total. The number of ether oxygens (including phenoxy) is 2. The lowest BCUT2D eigenvalue weighted by Crippen LogP contribution is -2.50. The smallest absolute Gasteiger partial charge is 0.403 e. The molecule has 0 spiro atoms. The van der Waals surface area contributed by atoms with E-state index in [1.165, 1.54) is 4.90 Å². The molecule has 118 valence electrons. The average molecular weight is 304 g/mol. The quantitative estimate of drug-likeness (QED) is 0.636. The van der Waals surface area contributed by atoms with Gasteiger partial charge >= 0.3 is 6.09 Å². The summed E-state index contributed by atoms with van der Waals surface area (Å²) in [5, 5.41) is 0. The Hall–Kier alpha value is -2.01. The fraction of sp³-hybridized carbons (Fsp3) is 0.471. The van der Waals surface area contributed by atoms with Crippen LogP contribution in [-0.2, 0) is 14.3 Å². The van der Waals surface area contributed by atoms with Gasteiger partial charge in [0.25, 0.3) is 0 Å². The van der Waals surface area contributed by atoms with Gasteiger partial charge in [0.05, 0.1) is 0 Å². The zero-order valence-electron chi connectivity index (χ0n) is 13.4. The third-order valence-electron chi connectivity index (χ3n) is 3.43. The molecule has 0 radical (unpaired) electrons. The number of aldehydes is 1. The molecule has 1 heterocycles. The second-order valence-electron chi connectivity index (χ2n) is 6.52. The molecule has 1 aromatic carbocycles. The van der Waals surface area contributed by atoms with Crippen molar-refractivity contribution < 1.29 is 19.1 Å². The molecule has 0 aromatic heterocycles. The maximum Gasteiger partial charge on any atom is 0.416 e. The molecule has 1 aliphatic rings. The van der Waals surface area contributed by atoms with E-state index in [2.05, 4.69) is 6.92 Å². The Kier molecular flexibility index (Phi) is 4.20. The second-order valence-corrected chi connectivity index (χ2v) is 6.52. The summed E-state index contributed by atoms with van der Waals surface area (Å²) in [6, 6.07) is 8.62. The molecule has 1 aliphatic heterocycles. The summed E-state index contributed by atoms with van der Waals surface area (Å²) in [4.78, 5) is 25.4. The van der Waals surface area contributed by atoms with Crippen LogP contribution in [0.4, 0.5) is 4.79 Å². The van der Waals surface area contributed by atoms with Crippen molar-refractivity contribution in [2.24, 2.45) is 0 Å². The highest BCUT2D eigenvalue weighted by molar-refractivity contribution is 5.76. The normalized spacial score (nSPS) is 24.1. The standard InChI is InChI=1S/C17H22NO4/c1-16(2,3)22-15(20)18-13(11-19)14(21-17(18,4)5)12-9-7-6-8-10-12/h6-11,13-14H,1H2,2-5H3/q+1/t13-,14-/m1/s1. The van der Waals surface area contributed by atoms with Gasteiger partial charge in [0.2, 0.25) is 5.60 Å². The summed E-state index contributed by atoms with van der Waals surface area (Å²) in [6.07, 6.45) is -0.404. The molecule has 0 bridgehead atoms. The molecule has 0 saturated carbocycles. The summed E-state index contributed by atoms with van der Waals surface area (Å²) in [7, 11) is 0. The summed E-state index contributed by atoms with van der Waals surface area (Å²) < 4.78 is 11.3. The van der Waals surface area contributed by atoms with Crippen molar-refractivity contribution in [3.63, 3.8) is 0 Å². The molecule has 1 fully saturated rings. The molecule has 1 amide bonds. The topological polar surface area (TPSA) is 55.8 Å². The van der Waals surface area contributed by atoms with Gasteiger partial charge in [0.15, 0.2) is 0 Å². The number of amides is 1. The highest BCUT2D eigenvalue weighted by Gasteiger charge is 2.52. The van der Waals surface area contributed by atoms with E-state index in [4.69, 9.17) is 9.47 Å². The van der Waals surface area contributed by atoms with Gasteiger partial charge in [-0.05, 0) is 19.4 Å². The lowest BCUT2D eigenvalue weighted by atomic mass is 10.0. The van der Waals surface area contributed by atoms with Crippen LogP contribution in [0.5, 0.6) is 0 Å². The Morgan fingerprint density at radius 2 is 1.95 bits per heavy atom. The first-order chi connectivity index (χ1) is 10.2. The lowest BCUT2D eigenvalue weighted by Gasteiger charge is -2.31. The number of nitrogens with zero attached hydrogens (tertiary/aromatic N) is 1. The van der Waals surface area contributed by atoms with Gasteiger partial charge in [-0.3, -0.25) is 4.90 Å². The Balaban J connectivity index is 2.33. The average Bonchev–Trinajstić information content (AvgIpc) is 2.68. The zero-order valence-corrected chi connectivity index (χ0v) is 13.4. The van der Waals surface area contributed by atoms with E-state index in [0.29, 0.717) is 0 Å². The largest absolute Gasteiger partial charge is 0.416 e. The van der Waals surface area contributed by atoms with Crippen LogP contribution in [-0.4, -0.2) is 34.6 Å². The number of hydrogen-bond donors (Lipinski definition) is 0. The first-order valence-electron chi connectivity index (χ1n) is 7.21. The molecule has 0 N–H and O–H groups in total. The Morgan fingerprint density at radius 3 is 2.45 bits per heavy atom. The monoisotopic (exact) mass is 304 g/mol. The Bertz CT molecular complexity index is 548. The van der Waals surface area contributed by atoms with Crippen LogP contribution in [0.2, 0.25) is 0 Å². The van der Waals surface area contributed by atoms with Gasteiger partial charge in [0, 0.05) is 13.8 Å². The molecular weight excluding hydrogens is 282 g/mol. The van der Waals surface area contributed by atoms with Gasteiger partial charge in [-0.25, -0.2) is 4.79 Å². The van der Waals surface area contributed by atoms with Crippen molar-refractivity contribution in [1.82, 2.24) is 4.90 Å². The van der Waals surface area contributed by atoms with E-state index in [1.807, 2.05) is 30.3 Å². The van der Waals surface area contributed by atoms with Crippen LogP contribution in [0, 0.1) is 6.92 Å². The molecule has 22 heavy (non-hydrogen) atoms. The Labute approximate surface area is 131 Å². The molecule has 5 heteroatoms. The highest BCUT2D eigenvalue weighted by atomic mass is 16.6. The van der Waals surface area contributed by atoms with Crippen LogP contribution >= 0.6 is 0 Å². The van der Waals surface area contributed by atoms with Gasteiger partial charge in [0.1, 0.15) is 31.1 Å². The van der Waals surface area contributed by atoms with E-state index in [0.717, 1.165) is 11.8 Å². The number of benzene rings is 1. The third kappa shape index (κ3) is 3.25. The molecule has 2 rings (SSSR count). The van der Waals surface area contributed by atoms with Crippen molar-refractivity contribution in [2.75, 3.05) is 0 Å². The minimum Gasteiger partial charge on any atom is -0.403 e. The number of hydrogen-bond acceptors (Lipinski definition) is 4. The Morgan fingerprint density at radius 1 is 1.36 bits per heavy atom. The van der Waals surface area contributed by atoms with E-state index in [-0.39, 0.29) is 0 Å². The maximum atomic E-state index is 12.4. The van der Waals surface area contributed by atoms with Gasteiger partial charge in [-0.15, -0.1) is 0 Å². The summed E-state index contributed by atoms with van der Waals surface area (Å²) in [5.74, 6) is 0. The van der Waals surface area contributed by atoms with Gasteiger partial charge in [-0.1, -0.05) is 30.3 Å². The number of carbonyl (C=O) groups excluding carboxylic acids is 2. The van der Waals surface area contributed by atoms with Crippen molar-refractivity contribution in [3.8, 4) is 0 Å². The molecule has 1 aromatic rings. The molecular formula is C17H22NO4+. The van der Waals surface area contributed by atoms with Crippen LogP contribution in [0.25, 0.3) is 0 Å². The summed E-state index contributed by atoms with van der Waals surface area (Å²) in [6.45, 7) is 10.6.